The van der Waals surface area contributed by atoms with Gasteiger partial charge in [-0.25, -0.2) is 0 Å². The fraction of sp³-hybridized carbons (Fsp3) is 0.650. The number of hydrogen-bond acceptors (Lipinski definition) is 3. The van der Waals surface area contributed by atoms with Gasteiger partial charge in [-0.15, -0.1) is 0 Å². The SMILES string of the molecule is CCCCCCOc1cccc(CCNCC(=O)N2CCCC2)c1. The Morgan fingerprint density at radius 2 is 2.04 bits per heavy atom. The molecule has 0 radical (unpaired) electrons. The van der Waals surface area contributed by atoms with Gasteiger partial charge in [0.25, 0.3) is 0 Å². The summed E-state index contributed by atoms with van der Waals surface area (Å²) in [5.74, 6) is 1.19. The number of carbonyl (C=O) groups excluding carboxylic acids is 1. The zero-order chi connectivity index (χ0) is 17.0. The monoisotopic (exact) mass is 332 g/mol. The average molecular weight is 332 g/mol. The molecule has 1 N–H and O–H groups in total. The van der Waals surface area contributed by atoms with Crippen LogP contribution < -0.4 is 10.1 Å². The Bertz CT molecular complexity index is 484. The van der Waals surface area contributed by atoms with Crippen LogP contribution in [0.3, 0.4) is 0 Å². The lowest BCUT2D eigenvalue weighted by Gasteiger charge is -2.15. The first-order valence-electron chi connectivity index (χ1n) is 9.50. The van der Waals surface area contributed by atoms with Crippen molar-refractivity contribution in [3.8, 4) is 5.75 Å². The molecule has 1 heterocycles. The van der Waals surface area contributed by atoms with Gasteiger partial charge in [-0.3, -0.25) is 4.79 Å². The second-order valence-corrected chi connectivity index (χ2v) is 6.57. The maximum atomic E-state index is 11.9. The summed E-state index contributed by atoms with van der Waals surface area (Å²) in [5.41, 5.74) is 1.25. The Morgan fingerprint density at radius 3 is 2.83 bits per heavy atom. The number of ether oxygens (including phenoxy) is 1. The van der Waals surface area contributed by atoms with E-state index in [0.29, 0.717) is 6.54 Å². The maximum Gasteiger partial charge on any atom is 0.236 e. The zero-order valence-corrected chi connectivity index (χ0v) is 15.1. The molecule has 0 saturated carbocycles. The zero-order valence-electron chi connectivity index (χ0n) is 15.1. The van der Waals surface area contributed by atoms with Crippen LogP contribution in [0.4, 0.5) is 0 Å². The van der Waals surface area contributed by atoms with E-state index in [4.69, 9.17) is 4.74 Å². The summed E-state index contributed by atoms with van der Waals surface area (Å²) in [4.78, 5) is 13.9. The van der Waals surface area contributed by atoms with Crippen molar-refractivity contribution in [2.75, 3.05) is 32.8 Å². The molecule has 24 heavy (non-hydrogen) atoms. The van der Waals surface area contributed by atoms with E-state index in [1.807, 2.05) is 17.0 Å². The molecule has 1 aliphatic rings. The second kappa shape index (κ2) is 11.1. The number of unbranched alkanes of at least 4 members (excludes halogenated alkanes) is 3. The van der Waals surface area contributed by atoms with E-state index >= 15 is 0 Å². The number of likely N-dealkylation sites (tertiary alicyclic amines) is 1. The van der Waals surface area contributed by atoms with Crippen molar-refractivity contribution in [3.05, 3.63) is 29.8 Å². The van der Waals surface area contributed by atoms with Crippen molar-refractivity contribution in [3.63, 3.8) is 0 Å². The summed E-state index contributed by atoms with van der Waals surface area (Å²) in [7, 11) is 0. The minimum atomic E-state index is 0.233. The topological polar surface area (TPSA) is 41.6 Å². The van der Waals surface area contributed by atoms with E-state index in [-0.39, 0.29) is 5.91 Å². The van der Waals surface area contributed by atoms with Gasteiger partial charge in [-0.2, -0.15) is 0 Å². The lowest BCUT2D eigenvalue weighted by Crippen LogP contribution is -2.36. The van der Waals surface area contributed by atoms with Crippen LogP contribution in [-0.2, 0) is 11.2 Å². The molecule has 0 spiro atoms. The number of amides is 1. The molecule has 1 aromatic rings. The normalized spacial score (nSPS) is 14.1. The molecule has 1 aliphatic heterocycles. The molecule has 1 saturated heterocycles. The summed E-state index contributed by atoms with van der Waals surface area (Å²) in [5, 5.41) is 3.26. The largest absolute Gasteiger partial charge is 0.494 e. The fourth-order valence-corrected chi connectivity index (χ4v) is 3.02. The van der Waals surface area contributed by atoms with Crippen LogP contribution in [0.25, 0.3) is 0 Å². The van der Waals surface area contributed by atoms with Gasteiger partial charge in [0, 0.05) is 13.1 Å². The van der Waals surface area contributed by atoms with Gasteiger partial charge in [0.05, 0.1) is 13.2 Å². The lowest BCUT2D eigenvalue weighted by molar-refractivity contribution is -0.129. The van der Waals surface area contributed by atoms with Gasteiger partial charge in [-0.1, -0.05) is 38.3 Å². The van der Waals surface area contributed by atoms with Crippen LogP contribution in [0.5, 0.6) is 5.75 Å². The molecule has 2 rings (SSSR count). The highest BCUT2D eigenvalue weighted by atomic mass is 16.5. The van der Waals surface area contributed by atoms with Crippen LogP contribution >= 0.6 is 0 Å². The Hall–Kier alpha value is -1.55. The van der Waals surface area contributed by atoms with E-state index in [1.165, 1.54) is 24.8 Å². The minimum absolute atomic E-state index is 0.233. The van der Waals surface area contributed by atoms with E-state index in [9.17, 15) is 4.79 Å². The van der Waals surface area contributed by atoms with E-state index in [0.717, 1.165) is 57.7 Å². The third-order valence-electron chi connectivity index (χ3n) is 4.49. The van der Waals surface area contributed by atoms with E-state index < -0.39 is 0 Å². The average Bonchev–Trinajstić information content (AvgIpc) is 3.13. The van der Waals surface area contributed by atoms with Crippen molar-refractivity contribution in [1.29, 1.82) is 0 Å². The van der Waals surface area contributed by atoms with Crippen LogP contribution in [0.15, 0.2) is 24.3 Å². The van der Waals surface area contributed by atoms with Crippen LogP contribution in [0.1, 0.15) is 51.0 Å². The molecule has 1 fully saturated rings. The first-order chi connectivity index (χ1) is 11.8. The van der Waals surface area contributed by atoms with Crippen molar-refractivity contribution in [2.24, 2.45) is 0 Å². The summed E-state index contributed by atoms with van der Waals surface area (Å²) in [6.45, 7) is 6.15. The number of hydrogen-bond donors (Lipinski definition) is 1. The third kappa shape index (κ3) is 6.91. The fourth-order valence-electron chi connectivity index (χ4n) is 3.02. The second-order valence-electron chi connectivity index (χ2n) is 6.57. The first-order valence-corrected chi connectivity index (χ1v) is 9.50. The third-order valence-corrected chi connectivity index (χ3v) is 4.49. The van der Waals surface area contributed by atoms with Crippen molar-refractivity contribution in [1.82, 2.24) is 10.2 Å². The number of rotatable bonds is 11. The van der Waals surface area contributed by atoms with Gasteiger partial charge in [0.15, 0.2) is 0 Å². The molecule has 0 bridgehead atoms. The summed E-state index contributed by atoms with van der Waals surface area (Å²) >= 11 is 0. The molecule has 0 unspecified atom stereocenters. The predicted octanol–water partition coefficient (Wildman–Crippen LogP) is 3.40. The summed E-state index contributed by atoms with van der Waals surface area (Å²) in [6, 6.07) is 8.30. The molecular weight excluding hydrogens is 300 g/mol. The molecule has 1 aromatic carbocycles. The van der Waals surface area contributed by atoms with Gasteiger partial charge >= 0.3 is 0 Å². The molecule has 4 nitrogen and oxygen atoms in total. The Balaban J connectivity index is 1.61. The van der Waals surface area contributed by atoms with Gasteiger partial charge in [0.1, 0.15) is 5.75 Å². The van der Waals surface area contributed by atoms with Crippen molar-refractivity contribution < 1.29 is 9.53 Å². The standard InChI is InChI=1S/C20H32N2O2/c1-2-3-4-7-15-24-19-10-8-9-18(16-19)11-12-21-17-20(23)22-13-5-6-14-22/h8-10,16,21H,2-7,11-15,17H2,1H3. The number of carbonyl (C=O) groups is 1. The van der Waals surface area contributed by atoms with Crippen LogP contribution in [0.2, 0.25) is 0 Å². The molecule has 0 aromatic heterocycles. The Morgan fingerprint density at radius 1 is 1.21 bits per heavy atom. The first kappa shape index (κ1) is 18.8. The minimum Gasteiger partial charge on any atom is -0.494 e. The highest BCUT2D eigenvalue weighted by Crippen LogP contribution is 2.14. The predicted molar refractivity (Wildman–Crippen MR) is 98.5 cm³/mol. The quantitative estimate of drug-likeness (QED) is 0.632. The Labute approximate surface area is 146 Å². The van der Waals surface area contributed by atoms with Crippen molar-refractivity contribution >= 4 is 5.91 Å². The van der Waals surface area contributed by atoms with E-state index in [1.54, 1.807) is 0 Å². The van der Waals surface area contributed by atoms with Crippen LogP contribution in [-0.4, -0.2) is 43.6 Å². The summed E-state index contributed by atoms with van der Waals surface area (Å²) < 4.78 is 5.82. The van der Waals surface area contributed by atoms with E-state index in [2.05, 4.69) is 24.4 Å². The maximum absolute atomic E-state index is 11.9. The summed E-state index contributed by atoms with van der Waals surface area (Å²) in [6.07, 6.45) is 8.12. The van der Waals surface area contributed by atoms with Crippen molar-refractivity contribution in [2.45, 2.75) is 51.9 Å². The molecule has 1 amide bonds. The molecule has 0 atom stereocenters. The molecule has 134 valence electrons. The van der Waals surface area contributed by atoms with Gasteiger partial charge < -0.3 is 15.0 Å². The van der Waals surface area contributed by atoms with Crippen LogP contribution in [0, 0.1) is 0 Å². The van der Waals surface area contributed by atoms with Gasteiger partial charge in [-0.05, 0) is 49.9 Å². The smallest absolute Gasteiger partial charge is 0.236 e. The highest BCUT2D eigenvalue weighted by Gasteiger charge is 2.16. The molecular formula is C20H32N2O2. The highest BCUT2D eigenvalue weighted by molar-refractivity contribution is 5.78. The molecule has 0 aliphatic carbocycles. The Kier molecular flexibility index (Phi) is 8.67. The molecule has 4 heteroatoms. The number of nitrogens with zero attached hydrogens (tertiary/aromatic N) is 1. The van der Waals surface area contributed by atoms with Gasteiger partial charge in [0.2, 0.25) is 5.91 Å². The lowest BCUT2D eigenvalue weighted by atomic mass is 10.1. The number of nitrogens with one attached hydrogen (secondary N) is 1. The number of benzene rings is 1.